The van der Waals surface area contributed by atoms with Crippen LogP contribution in [0.3, 0.4) is 0 Å². The maximum absolute atomic E-state index is 13.2. The molecule has 0 saturated carbocycles. The standard InChI is InChI=1S/C27H25BrN4O3/c1-16-9-11-22(17(2)13-16)30-25(33)24-15-20-14-21(28)10-12-23(20)32(24)31-27(35)26(34)29-18(3)19-7-5-4-6-8-19/h4-15,18H,1-3H3,(H,29,34)(H,30,33)(H,31,35)/t18-/m0/s1. The third-order valence-electron chi connectivity index (χ3n) is 5.69. The number of hydrogen-bond acceptors (Lipinski definition) is 3. The van der Waals surface area contributed by atoms with E-state index in [9.17, 15) is 14.4 Å². The predicted molar refractivity (Wildman–Crippen MR) is 141 cm³/mol. The number of fused-ring (bicyclic) bond motifs is 1. The molecule has 3 aromatic carbocycles. The van der Waals surface area contributed by atoms with Crippen molar-refractivity contribution < 1.29 is 14.4 Å². The molecular weight excluding hydrogens is 508 g/mol. The molecule has 4 rings (SSSR count). The van der Waals surface area contributed by atoms with Gasteiger partial charge in [0.25, 0.3) is 5.91 Å². The van der Waals surface area contributed by atoms with Crippen LogP contribution >= 0.6 is 15.9 Å². The summed E-state index contributed by atoms with van der Waals surface area (Å²) in [6.07, 6.45) is 0. The van der Waals surface area contributed by atoms with Crippen LogP contribution in [0.25, 0.3) is 10.9 Å². The summed E-state index contributed by atoms with van der Waals surface area (Å²) in [6.45, 7) is 5.69. The Labute approximate surface area is 211 Å². The van der Waals surface area contributed by atoms with E-state index >= 15 is 0 Å². The van der Waals surface area contributed by atoms with Crippen molar-refractivity contribution in [2.45, 2.75) is 26.8 Å². The molecule has 1 atom stereocenters. The van der Waals surface area contributed by atoms with Crippen molar-refractivity contribution in [3.05, 3.63) is 99.7 Å². The molecule has 8 heteroatoms. The molecule has 0 aliphatic carbocycles. The highest BCUT2D eigenvalue weighted by Gasteiger charge is 2.22. The molecule has 0 aliphatic heterocycles. The van der Waals surface area contributed by atoms with Gasteiger partial charge in [-0.25, -0.2) is 4.68 Å². The molecular formula is C27H25BrN4O3. The first-order valence-corrected chi connectivity index (χ1v) is 11.9. The lowest BCUT2D eigenvalue weighted by Crippen LogP contribution is -2.40. The number of nitrogens with zero attached hydrogens (tertiary/aromatic N) is 1. The van der Waals surface area contributed by atoms with Crippen molar-refractivity contribution in [2.75, 3.05) is 10.7 Å². The van der Waals surface area contributed by atoms with Gasteiger partial charge >= 0.3 is 11.8 Å². The second-order valence-electron chi connectivity index (χ2n) is 8.39. The first-order valence-electron chi connectivity index (χ1n) is 11.1. The number of anilines is 1. The molecule has 1 heterocycles. The minimum Gasteiger partial charge on any atom is -0.341 e. The number of aryl methyl sites for hydroxylation is 2. The lowest BCUT2D eigenvalue weighted by molar-refractivity contribution is -0.137. The van der Waals surface area contributed by atoms with Gasteiger partial charge in [-0.3, -0.25) is 19.8 Å². The molecule has 178 valence electrons. The van der Waals surface area contributed by atoms with Crippen LogP contribution in [-0.4, -0.2) is 22.4 Å². The van der Waals surface area contributed by atoms with Crippen molar-refractivity contribution in [2.24, 2.45) is 0 Å². The summed E-state index contributed by atoms with van der Waals surface area (Å²) in [5.74, 6) is -2.10. The third-order valence-corrected chi connectivity index (χ3v) is 6.19. The third kappa shape index (κ3) is 5.44. The van der Waals surface area contributed by atoms with Crippen molar-refractivity contribution in [1.29, 1.82) is 0 Å². The fourth-order valence-corrected chi connectivity index (χ4v) is 4.23. The fourth-order valence-electron chi connectivity index (χ4n) is 3.85. The Morgan fingerprint density at radius 2 is 1.63 bits per heavy atom. The lowest BCUT2D eigenvalue weighted by atomic mass is 10.1. The monoisotopic (exact) mass is 532 g/mol. The van der Waals surface area contributed by atoms with E-state index in [0.717, 1.165) is 26.5 Å². The van der Waals surface area contributed by atoms with Crippen LogP contribution in [0.1, 0.15) is 40.1 Å². The quantitative estimate of drug-likeness (QED) is 0.307. The highest BCUT2D eigenvalue weighted by Crippen LogP contribution is 2.25. The first kappa shape index (κ1) is 24.2. The lowest BCUT2D eigenvalue weighted by Gasteiger charge is -2.16. The number of nitrogens with one attached hydrogen (secondary N) is 3. The van der Waals surface area contributed by atoms with Gasteiger partial charge in [0, 0.05) is 15.5 Å². The largest absolute Gasteiger partial charge is 0.341 e. The normalized spacial score (nSPS) is 11.7. The fraction of sp³-hybridized carbons (Fsp3) is 0.148. The molecule has 0 bridgehead atoms. The second kappa shape index (κ2) is 10.1. The Bertz CT molecular complexity index is 1430. The second-order valence-corrected chi connectivity index (χ2v) is 9.30. The number of hydrogen-bond donors (Lipinski definition) is 3. The van der Waals surface area contributed by atoms with Gasteiger partial charge in [0.1, 0.15) is 5.69 Å². The predicted octanol–water partition coefficient (Wildman–Crippen LogP) is 5.22. The van der Waals surface area contributed by atoms with E-state index in [1.807, 2.05) is 68.4 Å². The first-order chi connectivity index (χ1) is 16.7. The Kier molecular flexibility index (Phi) is 7.02. The average Bonchev–Trinajstić information content (AvgIpc) is 3.18. The Morgan fingerprint density at radius 3 is 2.34 bits per heavy atom. The minimum absolute atomic E-state index is 0.190. The van der Waals surface area contributed by atoms with Crippen molar-refractivity contribution in [1.82, 2.24) is 9.99 Å². The summed E-state index contributed by atoms with van der Waals surface area (Å²) in [7, 11) is 0. The Morgan fingerprint density at radius 1 is 0.886 bits per heavy atom. The molecule has 0 saturated heterocycles. The molecule has 3 amide bonds. The number of carbonyl (C=O) groups excluding carboxylic acids is 3. The molecule has 4 aromatic rings. The summed E-state index contributed by atoms with van der Waals surface area (Å²) >= 11 is 3.44. The van der Waals surface area contributed by atoms with E-state index in [0.29, 0.717) is 11.2 Å². The molecule has 0 unspecified atom stereocenters. The molecule has 35 heavy (non-hydrogen) atoms. The van der Waals surface area contributed by atoms with E-state index < -0.39 is 17.7 Å². The van der Waals surface area contributed by atoms with Crippen molar-refractivity contribution >= 4 is 50.2 Å². The Hall–Kier alpha value is -3.91. The summed E-state index contributed by atoms with van der Waals surface area (Å²) in [5.41, 5.74) is 6.90. The molecule has 3 N–H and O–H groups in total. The van der Waals surface area contributed by atoms with Crippen LogP contribution in [0.2, 0.25) is 0 Å². The molecule has 0 aliphatic rings. The van der Waals surface area contributed by atoms with Gasteiger partial charge in [-0.05, 0) is 62.2 Å². The number of aromatic nitrogens is 1. The van der Waals surface area contributed by atoms with Gasteiger partial charge in [0.2, 0.25) is 0 Å². The van der Waals surface area contributed by atoms with Gasteiger partial charge in [0.05, 0.1) is 11.6 Å². The molecule has 0 spiro atoms. The zero-order valence-electron chi connectivity index (χ0n) is 19.6. The highest BCUT2D eigenvalue weighted by molar-refractivity contribution is 9.10. The number of benzene rings is 3. The molecule has 0 radical (unpaired) electrons. The van der Waals surface area contributed by atoms with Crippen LogP contribution in [0.4, 0.5) is 5.69 Å². The summed E-state index contributed by atoms with van der Waals surface area (Å²) in [4.78, 5) is 38.7. The number of carbonyl (C=O) groups is 3. The number of halogens is 1. The van der Waals surface area contributed by atoms with Crippen molar-refractivity contribution in [3.63, 3.8) is 0 Å². The van der Waals surface area contributed by atoms with Gasteiger partial charge in [-0.1, -0.05) is 64.0 Å². The van der Waals surface area contributed by atoms with E-state index in [1.165, 1.54) is 4.68 Å². The summed E-state index contributed by atoms with van der Waals surface area (Å²) in [5, 5.41) is 6.32. The topological polar surface area (TPSA) is 92.2 Å². The average molecular weight is 533 g/mol. The summed E-state index contributed by atoms with van der Waals surface area (Å²) < 4.78 is 2.17. The SMILES string of the molecule is Cc1ccc(NC(=O)c2cc3cc(Br)ccc3n2NC(=O)C(=O)N[C@@H](C)c2ccccc2)c(C)c1. The van der Waals surface area contributed by atoms with Gasteiger partial charge in [-0.15, -0.1) is 0 Å². The van der Waals surface area contributed by atoms with Crippen LogP contribution in [0, 0.1) is 13.8 Å². The summed E-state index contributed by atoms with van der Waals surface area (Å²) in [6, 6.07) is 21.8. The van der Waals surface area contributed by atoms with Crippen molar-refractivity contribution in [3.8, 4) is 0 Å². The highest BCUT2D eigenvalue weighted by atomic mass is 79.9. The van der Waals surface area contributed by atoms with Crippen LogP contribution in [0.5, 0.6) is 0 Å². The minimum atomic E-state index is -0.881. The van der Waals surface area contributed by atoms with E-state index in [4.69, 9.17) is 0 Å². The van der Waals surface area contributed by atoms with Gasteiger partial charge in [0.15, 0.2) is 0 Å². The van der Waals surface area contributed by atoms with E-state index in [1.54, 1.807) is 25.1 Å². The van der Waals surface area contributed by atoms with Crippen LogP contribution in [-0.2, 0) is 9.59 Å². The zero-order chi connectivity index (χ0) is 25.1. The van der Waals surface area contributed by atoms with E-state index in [2.05, 4.69) is 32.0 Å². The number of rotatable bonds is 5. The zero-order valence-corrected chi connectivity index (χ0v) is 21.1. The van der Waals surface area contributed by atoms with Gasteiger partial charge < -0.3 is 10.6 Å². The van der Waals surface area contributed by atoms with Crippen LogP contribution in [0.15, 0.2) is 77.3 Å². The smallest absolute Gasteiger partial charge is 0.328 e. The van der Waals surface area contributed by atoms with E-state index in [-0.39, 0.29) is 11.7 Å². The Balaban J connectivity index is 1.60. The number of amides is 3. The maximum Gasteiger partial charge on any atom is 0.328 e. The van der Waals surface area contributed by atoms with Gasteiger partial charge in [-0.2, -0.15) is 0 Å². The van der Waals surface area contributed by atoms with Crippen LogP contribution < -0.4 is 16.1 Å². The maximum atomic E-state index is 13.2. The molecule has 1 aromatic heterocycles. The molecule has 0 fully saturated rings. The molecule has 7 nitrogen and oxygen atoms in total.